The second kappa shape index (κ2) is 3.33. The first-order valence-electron chi connectivity index (χ1n) is 4.79. The predicted octanol–water partition coefficient (Wildman–Crippen LogP) is 1.66. The molecule has 0 saturated carbocycles. The monoisotopic (exact) mass is 190 g/mol. The number of hydrogen-bond donors (Lipinski definition) is 2. The molecule has 1 aromatic rings. The third-order valence-electron chi connectivity index (χ3n) is 2.66. The molecule has 2 rings (SSSR count). The molecule has 0 spiro atoms. The van der Waals surface area contributed by atoms with Gasteiger partial charge in [-0.25, -0.2) is 4.79 Å². The van der Waals surface area contributed by atoms with Crippen LogP contribution >= 0.6 is 0 Å². The minimum atomic E-state index is -0.0716. The van der Waals surface area contributed by atoms with Crippen molar-refractivity contribution in [3.8, 4) is 0 Å². The molecule has 2 N–H and O–H groups in total. The lowest BCUT2D eigenvalue weighted by atomic mass is 9.97. The lowest BCUT2D eigenvalue weighted by Gasteiger charge is -2.15. The Balaban J connectivity index is 2.36. The standard InChI is InChI=1S/C11H14N2O/c1-7-4-3-5-8(2)10(7)9-6-12-11(14)13-9/h3-5,9H,6H2,1-2H3,(H2,12,13,14)/t9-/m1/s1. The lowest BCUT2D eigenvalue weighted by molar-refractivity contribution is 0.247. The second-order valence-corrected chi connectivity index (χ2v) is 3.71. The molecule has 2 amide bonds. The van der Waals surface area contributed by atoms with Gasteiger partial charge in [0, 0.05) is 6.54 Å². The van der Waals surface area contributed by atoms with Crippen LogP contribution in [0.5, 0.6) is 0 Å². The summed E-state index contributed by atoms with van der Waals surface area (Å²) in [7, 11) is 0. The van der Waals surface area contributed by atoms with Crippen LogP contribution < -0.4 is 10.6 Å². The molecular formula is C11H14N2O. The summed E-state index contributed by atoms with van der Waals surface area (Å²) in [6, 6.07) is 6.25. The maximum Gasteiger partial charge on any atom is 0.315 e. The van der Waals surface area contributed by atoms with E-state index in [-0.39, 0.29) is 12.1 Å². The van der Waals surface area contributed by atoms with E-state index in [1.165, 1.54) is 16.7 Å². The van der Waals surface area contributed by atoms with Crippen molar-refractivity contribution in [3.63, 3.8) is 0 Å². The van der Waals surface area contributed by atoms with E-state index in [1.807, 2.05) is 6.07 Å². The molecule has 0 radical (unpaired) electrons. The average Bonchev–Trinajstić information content (AvgIpc) is 2.51. The van der Waals surface area contributed by atoms with Gasteiger partial charge in [-0.3, -0.25) is 0 Å². The Labute approximate surface area is 83.5 Å². The molecular weight excluding hydrogens is 176 g/mol. The van der Waals surface area contributed by atoms with E-state index >= 15 is 0 Å². The molecule has 1 atom stereocenters. The molecule has 1 aliphatic rings. The minimum absolute atomic E-state index is 0.0716. The largest absolute Gasteiger partial charge is 0.336 e. The Bertz CT molecular complexity index is 353. The Morgan fingerprint density at radius 2 is 1.93 bits per heavy atom. The lowest BCUT2D eigenvalue weighted by Crippen LogP contribution is -2.22. The zero-order valence-corrected chi connectivity index (χ0v) is 8.42. The molecule has 1 fully saturated rings. The van der Waals surface area contributed by atoms with Crippen molar-refractivity contribution in [1.82, 2.24) is 10.6 Å². The molecule has 0 aliphatic carbocycles. The Kier molecular flexibility index (Phi) is 2.15. The van der Waals surface area contributed by atoms with Gasteiger partial charge in [0.05, 0.1) is 6.04 Å². The maximum atomic E-state index is 11.0. The molecule has 1 saturated heterocycles. The van der Waals surface area contributed by atoms with Crippen molar-refractivity contribution in [1.29, 1.82) is 0 Å². The number of rotatable bonds is 1. The van der Waals surface area contributed by atoms with Crippen LogP contribution in [0.3, 0.4) is 0 Å². The quantitative estimate of drug-likeness (QED) is 0.694. The van der Waals surface area contributed by atoms with Crippen molar-refractivity contribution >= 4 is 6.03 Å². The topological polar surface area (TPSA) is 41.1 Å². The number of carbonyl (C=O) groups excluding carboxylic acids is 1. The van der Waals surface area contributed by atoms with Crippen molar-refractivity contribution in [3.05, 3.63) is 34.9 Å². The van der Waals surface area contributed by atoms with E-state index in [1.54, 1.807) is 0 Å². The summed E-state index contributed by atoms with van der Waals surface area (Å²) in [6.07, 6.45) is 0. The summed E-state index contributed by atoms with van der Waals surface area (Å²) >= 11 is 0. The van der Waals surface area contributed by atoms with E-state index in [9.17, 15) is 4.79 Å². The molecule has 3 heteroatoms. The summed E-state index contributed by atoms with van der Waals surface area (Å²) in [5.41, 5.74) is 3.71. The summed E-state index contributed by atoms with van der Waals surface area (Å²) < 4.78 is 0. The smallest absolute Gasteiger partial charge is 0.315 e. The van der Waals surface area contributed by atoms with Crippen LogP contribution in [0.1, 0.15) is 22.7 Å². The zero-order chi connectivity index (χ0) is 10.1. The Morgan fingerprint density at radius 1 is 1.29 bits per heavy atom. The highest BCUT2D eigenvalue weighted by molar-refractivity contribution is 5.77. The molecule has 0 unspecified atom stereocenters. The summed E-state index contributed by atoms with van der Waals surface area (Å²) in [5, 5.41) is 5.67. The maximum absolute atomic E-state index is 11.0. The van der Waals surface area contributed by atoms with Crippen LogP contribution in [0.2, 0.25) is 0 Å². The number of benzene rings is 1. The number of amides is 2. The van der Waals surface area contributed by atoms with Crippen molar-refractivity contribution in [2.24, 2.45) is 0 Å². The molecule has 0 bridgehead atoms. The van der Waals surface area contributed by atoms with Gasteiger partial charge in [-0.15, -0.1) is 0 Å². The average molecular weight is 190 g/mol. The minimum Gasteiger partial charge on any atom is -0.336 e. The van der Waals surface area contributed by atoms with Crippen LogP contribution in [-0.2, 0) is 0 Å². The van der Waals surface area contributed by atoms with E-state index in [2.05, 4.69) is 36.6 Å². The zero-order valence-electron chi connectivity index (χ0n) is 8.42. The van der Waals surface area contributed by atoms with Crippen LogP contribution in [0, 0.1) is 13.8 Å². The molecule has 1 aromatic carbocycles. The first-order valence-corrected chi connectivity index (χ1v) is 4.79. The van der Waals surface area contributed by atoms with Crippen LogP contribution in [0.15, 0.2) is 18.2 Å². The summed E-state index contributed by atoms with van der Waals surface area (Å²) in [4.78, 5) is 11.0. The first-order chi connectivity index (χ1) is 6.68. The van der Waals surface area contributed by atoms with Gasteiger partial charge in [0.1, 0.15) is 0 Å². The summed E-state index contributed by atoms with van der Waals surface area (Å²) in [5.74, 6) is 0. The SMILES string of the molecule is Cc1cccc(C)c1[C@H]1CNC(=O)N1. The number of urea groups is 1. The number of nitrogens with one attached hydrogen (secondary N) is 2. The molecule has 74 valence electrons. The van der Waals surface area contributed by atoms with Gasteiger partial charge in [0.15, 0.2) is 0 Å². The molecule has 1 heterocycles. The van der Waals surface area contributed by atoms with Crippen molar-refractivity contribution in [2.75, 3.05) is 6.54 Å². The third kappa shape index (κ3) is 1.45. The normalized spacial score (nSPS) is 20.4. The number of hydrogen-bond acceptors (Lipinski definition) is 1. The number of aryl methyl sites for hydroxylation is 2. The number of carbonyl (C=O) groups is 1. The van der Waals surface area contributed by atoms with Crippen LogP contribution in [0.4, 0.5) is 4.79 Å². The van der Waals surface area contributed by atoms with Crippen LogP contribution in [-0.4, -0.2) is 12.6 Å². The van der Waals surface area contributed by atoms with Gasteiger partial charge in [0.2, 0.25) is 0 Å². The van der Waals surface area contributed by atoms with Gasteiger partial charge >= 0.3 is 6.03 Å². The Morgan fingerprint density at radius 3 is 2.43 bits per heavy atom. The third-order valence-corrected chi connectivity index (χ3v) is 2.66. The fourth-order valence-electron chi connectivity index (χ4n) is 2.01. The van der Waals surface area contributed by atoms with Gasteiger partial charge in [-0.1, -0.05) is 18.2 Å². The van der Waals surface area contributed by atoms with Gasteiger partial charge < -0.3 is 10.6 Å². The molecule has 1 aliphatic heterocycles. The highest BCUT2D eigenvalue weighted by Crippen LogP contribution is 2.22. The van der Waals surface area contributed by atoms with Gasteiger partial charge in [-0.2, -0.15) is 0 Å². The fraction of sp³-hybridized carbons (Fsp3) is 0.364. The van der Waals surface area contributed by atoms with E-state index in [0.717, 1.165) is 0 Å². The fourth-order valence-corrected chi connectivity index (χ4v) is 2.01. The second-order valence-electron chi connectivity index (χ2n) is 3.71. The highest BCUT2D eigenvalue weighted by Gasteiger charge is 2.23. The molecule has 3 nitrogen and oxygen atoms in total. The summed E-state index contributed by atoms with van der Waals surface area (Å²) in [6.45, 7) is 4.84. The highest BCUT2D eigenvalue weighted by atomic mass is 16.2. The van der Waals surface area contributed by atoms with E-state index in [4.69, 9.17) is 0 Å². The van der Waals surface area contributed by atoms with Crippen molar-refractivity contribution < 1.29 is 4.79 Å². The van der Waals surface area contributed by atoms with E-state index < -0.39 is 0 Å². The van der Waals surface area contributed by atoms with Gasteiger partial charge in [-0.05, 0) is 30.5 Å². The Hall–Kier alpha value is -1.51. The van der Waals surface area contributed by atoms with Crippen LogP contribution in [0.25, 0.3) is 0 Å². The molecule has 0 aromatic heterocycles. The van der Waals surface area contributed by atoms with Crippen molar-refractivity contribution in [2.45, 2.75) is 19.9 Å². The predicted molar refractivity (Wildman–Crippen MR) is 55.2 cm³/mol. The first kappa shape index (κ1) is 9.06. The van der Waals surface area contributed by atoms with E-state index in [0.29, 0.717) is 6.54 Å². The molecule has 14 heavy (non-hydrogen) atoms. The van der Waals surface area contributed by atoms with Gasteiger partial charge in [0.25, 0.3) is 0 Å².